The van der Waals surface area contributed by atoms with Crippen molar-refractivity contribution in [3.05, 3.63) is 0 Å². The first-order valence-electron chi connectivity index (χ1n) is 1.80. The van der Waals surface area contributed by atoms with Crippen LogP contribution in [0.15, 0.2) is 0 Å². The van der Waals surface area contributed by atoms with Crippen LogP contribution in [0.25, 0.3) is 0 Å². The minimum atomic E-state index is -0.461. The summed E-state index contributed by atoms with van der Waals surface area (Å²) in [5.74, 6) is 0. The lowest BCUT2D eigenvalue weighted by atomic mass is 10.7. The Morgan fingerprint density at radius 2 is 2.12 bits per heavy atom. The third-order valence-corrected chi connectivity index (χ3v) is 0.351. The SMILES string of the molecule is CCNC(N)=O.Cl.N. The fraction of sp³-hybridized carbons (Fsp3) is 0.667. The Morgan fingerprint density at radius 3 is 2.12 bits per heavy atom. The summed E-state index contributed by atoms with van der Waals surface area (Å²) in [5.41, 5.74) is 4.65. The molecule has 0 aliphatic carbocycles. The summed E-state index contributed by atoms with van der Waals surface area (Å²) >= 11 is 0. The fourth-order valence-corrected chi connectivity index (χ4v) is 0.174. The number of hydrogen-bond acceptors (Lipinski definition) is 2. The van der Waals surface area contributed by atoms with Crippen molar-refractivity contribution in [2.45, 2.75) is 6.92 Å². The Hall–Kier alpha value is -0.480. The van der Waals surface area contributed by atoms with Crippen LogP contribution in [-0.4, -0.2) is 12.6 Å². The maximum Gasteiger partial charge on any atom is 0.312 e. The van der Waals surface area contributed by atoms with Crippen LogP contribution in [-0.2, 0) is 0 Å². The summed E-state index contributed by atoms with van der Waals surface area (Å²) in [7, 11) is 0. The molecule has 2 amide bonds. The maximum absolute atomic E-state index is 9.71. The van der Waals surface area contributed by atoms with Crippen LogP contribution in [0.5, 0.6) is 0 Å². The number of hydrogen-bond donors (Lipinski definition) is 3. The van der Waals surface area contributed by atoms with Crippen LogP contribution in [0.2, 0.25) is 0 Å². The highest BCUT2D eigenvalue weighted by Gasteiger charge is 1.79. The van der Waals surface area contributed by atoms with E-state index in [1.54, 1.807) is 0 Å². The van der Waals surface area contributed by atoms with Crippen LogP contribution in [0.1, 0.15) is 6.92 Å². The number of nitrogens with one attached hydrogen (secondary N) is 1. The summed E-state index contributed by atoms with van der Waals surface area (Å²) in [6.07, 6.45) is 0. The Morgan fingerprint density at radius 1 is 1.75 bits per heavy atom. The lowest BCUT2D eigenvalue weighted by Gasteiger charge is -1.88. The summed E-state index contributed by atoms with van der Waals surface area (Å²) in [6.45, 7) is 2.42. The predicted molar refractivity (Wildman–Crippen MR) is 35.5 cm³/mol. The van der Waals surface area contributed by atoms with Gasteiger partial charge in [0.2, 0.25) is 0 Å². The first kappa shape index (κ1) is 15.6. The summed E-state index contributed by atoms with van der Waals surface area (Å²) < 4.78 is 0. The standard InChI is InChI=1S/C3H8N2O.ClH.H3N/c1-2-5-3(4)6;;/h2H2,1H3,(H3,4,5,6);1H;1H3. The molecule has 0 bridgehead atoms. The third-order valence-electron chi connectivity index (χ3n) is 0.351. The second-order valence-corrected chi connectivity index (χ2v) is 0.895. The van der Waals surface area contributed by atoms with E-state index in [1.807, 2.05) is 6.92 Å². The van der Waals surface area contributed by atoms with Gasteiger partial charge in [-0.2, -0.15) is 0 Å². The predicted octanol–water partition coefficient (Wildman–Crippen LogP) is 0.258. The monoisotopic (exact) mass is 141 g/mol. The zero-order chi connectivity index (χ0) is 4.99. The van der Waals surface area contributed by atoms with Gasteiger partial charge in [-0.15, -0.1) is 12.4 Å². The van der Waals surface area contributed by atoms with E-state index in [1.165, 1.54) is 0 Å². The normalized spacial score (nSPS) is 5.62. The molecular formula is C3H12ClN3O. The largest absolute Gasteiger partial charge is 0.352 e. The van der Waals surface area contributed by atoms with Gasteiger partial charge in [-0.25, -0.2) is 4.79 Å². The van der Waals surface area contributed by atoms with Gasteiger partial charge < -0.3 is 17.2 Å². The number of amides is 2. The topological polar surface area (TPSA) is 90.1 Å². The summed E-state index contributed by atoms with van der Waals surface area (Å²) in [5, 5.41) is 2.35. The average molecular weight is 142 g/mol. The van der Waals surface area contributed by atoms with Gasteiger partial charge in [0.05, 0.1) is 0 Å². The van der Waals surface area contributed by atoms with Gasteiger partial charge in [-0.3, -0.25) is 0 Å². The van der Waals surface area contributed by atoms with Crippen molar-refractivity contribution >= 4 is 18.4 Å². The van der Waals surface area contributed by atoms with Crippen LogP contribution >= 0.6 is 12.4 Å². The van der Waals surface area contributed by atoms with Gasteiger partial charge >= 0.3 is 6.03 Å². The third kappa shape index (κ3) is 17.8. The summed E-state index contributed by atoms with van der Waals surface area (Å²) in [4.78, 5) is 9.71. The van der Waals surface area contributed by atoms with Crippen molar-refractivity contribution in [2.75, 3.05) is 6.54 Å². The summed E-state index contributed by atoms with van der Waals surface area (Å²) in [6, 6.07) is -0.461. The lowest BCUT2D eigenvalue weighted by molar-refractivity contribution is 0.249. The highest BCUT2D eigenvalue weighted by atomic mass is 35.5. The first-order valence-corrected chi connectivity index (χ1v) is 1.80. The number of urea groups is 1. The van der Waals surface area contributed by atoms with E-state index in [9.17, 15) is 4.79 Å². The van der Waals surface area contributed by atoms with Crippen LogP contribution in [0.4, 0.5) is 4.79 Å². The van der Waals surface area contributed by atoms with Crippen molar-refractivity contribution in [1.82, 2.24) is 11.5 Å². The molecule has 4 nitrogen and oxygen atoms in total. The fourth-order valence-electron chi connectivity index (χ4n) is 0.174. The van der Waals surface area contributed by atoms with E-state index in [0.717, 1.165) is 0 Å². The van der Waals surface area contributed by atoms with Gasteiger partial charge in [0.15, 0.2) is 0 Å². The Labute approximate surface area is 54.8 Å². The molecule has 0 saturated heterocycles. The molecule has 0 atom stereocenters. The van der Waals surface area contributed by atoms with E-state index in [4.69, 9.17) is 0 Å². The van der Waals surface area contributed by atoms with E-state index in [-0.39, 0.29) is 18.6 Å². The van der Waals surface area contributed by atoms with E-state index in [2.05, 4.69) is 11.1 Å². The second-order valence-electron chi connectivity index (χ2n) is 0.895. The molecule has 0 spiro atoms. The Kier molecular flexibility index (Phi) is 19.0. The number of halogens is 1. The van der Waals surface area contributed by atoms with Crippen molar-refractivity contribution in [1.29, 1.82) is 0 Å². The van der Waals surface area contributed by atoms with Crippen LogP contribution in [0.3, 0.4) is 0 Å². The average Bonchev–Trinajstić information content (AvgIpc) is 1.35. The van der Waals surface area contributed by atoms with Crippen molar-refractivity contribution in [3.8, 4) is 0 Å². The molecule has 0 heterocycles. The van der Waals surface area contributed by atoms with Crippen molar-refractivity contribution in [3.63, 3.8) is 0 Å². The molecule has 0 saturated carbocycles. The molecule has 0 fully saturated rings. The highest BCUT2D eigenvalue weighted by molar-refractivity contribution is 5.85. The van der Waals surface area contributed by atoms with Crippen LogP contribution in [0, 0.1) is 0 Å². The zero-order valence-electron chi connectivity index (χ0n) is 4.81. The molecule has 6 N–H and O–H groups in total. The van der Waals surface area contributed by atoms with Crippen molar-refractivity contribution in [2.24, 2.45) is 5.73 Å². The van der Waals surface area contributed by atoms with Gasteiger partial charge in [0.1, 0.15) is 0 Å². The number of carbonyl (C=O) groups excluding carboxylic acids is 1. The number of primary amides is 1. The molecule has 0 aliphatic rings. The Balaban J connectivity index is -0.000000125. The van der Waals surface area contributed by atoms with E-state index in [0.29, 0.717) is 6.54 Å². The molecule has 0 aliphatic heterocycles. The minimum Gasteiger partial charge on any atom is -0.352 e. The minimum absolute atomic E-state index is 0. The maximum atomic E-state index is 9.71. The second kappa shape index (κ2) is 9.72. The van der Waals surface area contributed by atoms with Gasteiger partial charge in [-0.1, -0.05) is 0 Å². The van der Waals surface area contributed by atoms with E-state index >= 15 is 0 Å². The molecule has 0 aromatic rings. The van der Waals surface area contributed by atoms with Crippen molar-refractivity contribution < 1.29 is 4.79 Å². The van der Waals surface area contributed by atoms with Gasteiger partial charge in [0.25, 0.3) is 0 Å². The molecule has 0 aromatic carbocycles. The van der Waals surface area contributed by atoms with Gasteiger partial charge in [0, 0.05) is 6.54 Å². The molecule has 0 aromatic heterocycles. The highest BCUT2D eigenvalue weighted by Crippen LogP contribution is 1.49. The molecule has 5 heteroatoms. The quantitative estimate of drug-likeness (QED) is 0.489. The lowest BCUT2D eigenvalue weighted by Crippen LogP contribution is -2.28. The Bertz CT molecular complexity index is 58.5. The molecule has 52 valence electrons. The number of nitrogens with two attached hydrogens (primary N) is 1. The van der Waals surface area contributed by atoms with E-state index < -0.39 is 6.03 Å². The molecule has 0 radical (unpaired) electrons. The smallest absolute Gasteiger partial charge is 0.312 e. The van der Waals surface area contributed by atoms with Gasteiger partial charge in [-0.05, 0) is 6.92 Å². The number of rotatable bonds is 1. The molecule has 0 rings (SSSR count). The molecule has 8 heavy (non-hydrogen) atoms. The van der Waals surface area contributed by atoms with Crippen LogP contribution < -0.4 is 17.2 Å². The zero-order valence-corrected chi connectivity index (χ0v) is 5.62. The molecule has 0 unspecified atom stereocenters. The first-order chi connectivity index (χ1) is 2.77. The molecular weight excluding hydrogens is 130 g/mol. The number of carbonyl (C=O) groups is 1.